The molecular formula is C11H16N6O. The number of furan rings is 1. The van der Waals surface area contributed by atoms with E-state index in [0.717, 1.165) is 11.5 Å². The number of hydrogen-bond donors (Lipinski definition) is 3. The average molecular weight is 248 g/mol. The molecule has 0 bridgehead atoms. The highest BCUT2D eigenvalue weighted by Crippen LogP contribution is 2.11. The van der Waals surface area contributed by atoms with Gasteiger partial charge in [-0.1, -0.05) is 0 Å². The smallest absolute Gasteiger partial charge is 0.229 e. The molecule has 0 unspecified atom stereocenters. The minimum Gasteiger partial charge on any atom is -0.465 e. The van der Waals surface area contributed by atoms with Crippen molar-refractivity contribution in [3.8, 4) is 0 Å². The van der Waals surface area contributed by atoms with Crippen molar-refractivity contribution in [2.45, 2.75) is 13.5 Å². The third-order valence-electron chi connectivity index (χ3n) is 2.30. The quantitative estimate of drug-likeness (QED) is 0.738. The van der Waals surface area contributed by atoms with Crippen LogP contribution < -0.4 is 16.0 Å². The summed E-state index contributed by atoms with van der Waals surface area (Å²) in [5, 5.41) is 8.85. The Kier molecular flexibility index (Phi) is 3.61. The largest absolute Gasteiger partial charge is 0.465 e. The molecule has 0 aromatic carbocycles. The Balaban J connectivity index is 2.08. The van der Waals surface area contributed by atoms with Gasteiger partial charge in [-0.25, -0.2) is 0 Å². The minimum atomic E-state index is 0.493. The zero-order valence-electron chi connectivity index (χ0n) is 10.6. The molecule has 2 heterocycles. The summed E-state index contributed by atoms with van der Waals surface area (Å²) in [6, 6.07) is 3.84. The summed E-state index contributed by atoms with van der Waals surface area (Å²) in [5.74, 6) is 3.23. The molecule has 0 radical (unpaired) electrons. The minimum absolute atomic E-state index is 0.493. The number of aromatic nitrogens is 3. The Bertz CT molecular complexity index is 502. The van der Waals surface area contributed by atoms with Crippen molar-refractivity contribution < 1.29 is 4.42 Å². The first kappa shape index (κ1) is 12.2. The van der Waals surface area contributed by atoms with Crippen LogP contribution in [0.1, 0.15) is 11.5 Å². The maximum absolute atomic E-state index is 5.45. The van der Waals surface area contributed by atoms with Gasteiger partial charge in [0.25, 0.3) is 0 Å². The second-order valence-corrected chi connectivity index (χ2v) is 3.67. The first-order valence-electron chi connectivity index (χ1n) is 5.62. The van der Waals surface area contributed by atoms with Gasteiger partial charge in [-0.2, -0.15) is 15.0 Å². The second kappa shape index (κ2) is 5.35. The Morgan fingerprint density at radius 1 is 1.00 bits per heavy atom. The van der Waals surface area contributed by atoms with Gasteiger partial charge in [-0.05, 0) is 19.1 Å². The predicted molar refractivity (Wildman–Crippen MR) is 69.7 cm³/mol. The van der Waals surface area contributed by atoms with Gasteiger partial charge in [0, 0.05) is 14.1 Å². The molecular weight excluding hydrogens is 232 g/mol. The molecule has 0 spiro atoms. The van der Waals surface area contributed by atoms with E-state index < -0.39 is 0 Å². The van der Waals surface area contributed by atoms with Gasteiger partial charge in [-0.3, -0.25) is 0 Å². The van der Waals surface area contributed by atoms with Crippen molar-refractivity contribution >= 4 is 17.8 Å². The highest BCUT2D eigenvalue weighted by molar-refractivity contribution is 5.41. The summed E-state index contributed by atoms with van der Waals surface area (Å²) < 4.78 is 5.45. The lowest BCUT2D eigenvalue weighted by Gasteiger charge is -2.07. The average Bonchev–Trinajstić information content (AvgIpc) is 2.81. The van der Waals surface area contributed by atoms with Crippen molar-refractivity contribution in [1.29, 1.82) is 0 Å². The number of nitrogens with zero attached hydrogens (tertiary/aromatic N) is 3. The summed E-state index contributed by atoms with van der Waals surface area (Å²) >= 11 is 0. The van der Waals surface area contributed by atoms with E-state index in [1.165, 1.54) is 0 Å². The molecule has 18 heavy (non-hydrogen) atoms. The molecule has 96 valence electrons. The first-order chi connectivity index (χ1) is 8.71. The fourth-order valence-electron chi connectivity index (χ4n) is 1.42. The van der Waals surface area contributed by atoms with E-state index in [-0.39, 0.29) is 0 Å². The third-order valence-corrected chi connectivity index (χ3v) is 2.30. The standard InChI is InChI=1S/C11H16N6O/c1-7-4-5-8(18-7)6-14-11-16-9(12-2)15-10(13-3)17-11/h4-5H,6H2,1-3H3,(H3,12,13,14,15,16,17). The van der Waals surface area contributed by atoms with Crippen LogP contribution in [-0.4, -0.2) is 29.0 Å². The molecule has 0 aliphatic heterocycles. The zero-order valence-corrected chi connectivity index (χ0v) is 10.6. The van der Waals surface area contributed by atoms with Crippen LogP contribution in [0.3, 0.4) is 0 Å². The molecule has 0 saturated carbocycles. The summed E-state index contributed by atoms with van der Waals surface area (Å²) in [6.45, 7) is 2.44. The maximum atomic E-state index is 5.45. The predicted octanol–water partition coefficient (Wildman–Crippen LogP) is 1.47. The Morgan fingerprint density at radius 3 is 2.11 bits per heavy atom. The van der Waals surface area contributed by atoms with Gasteiger partial charge >= 0.3 is 0 Å². The van der Waals surface area contributed by atoms with Crippen LogP contribution in [0, 0.1) is 6.92 Å². The lowest BCUT2D eigenvalue weighted by molar-refractivity contribution is 0.490. The van der Waals surface area contributed by atoms with Crippen LogP contribution >= 0.6 is 0 Å². The molecule has 0 atom stereocenters. The molecule has 2 rings (SSSR count). The van der Waals surface area contributed by atoms with Gasteiger partial charge < -0.3 is 20.4 Å². The third kappa shape index (κ3) is 2.88. The van der Waals surface area contributed by atoms with E-state index in [4.69, 9.17) is 4.42 Å². The van der Waals surface area contributed by atoms with Crippen molar-refractivity contribution in [2.75, 3.05) is 30.0 Å². The number of rotatable bonds is 5. The van der Waals surface area contributed by atoms with Crippen LogP contribution in [0.2, 0.25) is 0 Å². The summed E-state index contributed by atoms with van der Waals surface area (Å²) in [7, 11) is 3.52. The molecule has 7 heteroatoms. The van der Waals surface area contributed by atoms with Gasteiger partial charge in [0.15, 0.2) is 0 Å². The number of nitrogens with one attached hydrogen (secondary N) is 3. The van der Waals surface area contributed by atoms with E-state index in [1.807, 2.05) is 19.1 Å². The van der Waals surface area contributed by atoms with Crippen LogP contribution in [0.5, 0.6) is 0 Å². The van der Waals surface area contributed by atoms with E-state index in [9.17, 15) is 0 Å². The van der Waals surface area contributed by atoms with Crippen LogP contribution in [0.25, 0.3) is 0 Å². The van der Waals surface area contributed by atoms with Gasteiger partial charge in [0.05, 0.1) is 6.54 Å². The Labute approximate surface area is 105 Å². The molecule has 0 fully saturated rings. The van der Waals surface area contributed by atoms with Crippen molar-refractivity contribution in [3.63, 3.8) is 0 Å². The molecule has 3 N–H and O–H groups in total. The van der Waals surface area contributed by atoms with Crippen molar-refractivity contribution in [1.82, 2.24) is 15.0 Å². The van der Waals surface area contributed by atoms with Crippen molar-refractivity contribution in [3.05, 3.63) is 23.7 Å². The van der Waals surface area contributed by atoms with Gasteiger partial charge in [0.1, 0.15) is 11.5 Å². The van der Waals surface area contributed by atoms with E-state index in [0.29, 0.717) is 24.4 Å². The molecule has 0 aliphatic rings. The summed E-state index contributed by atoms with van der Waals surface area (Å²) in [6.07, 6.45) is 0. The Morgan fingerprint density at radius 2 is 1.61 bits per heavy atom. The van der Waals surface area contributed by atoms with Crippen LogP contribution in [0.15, 0.2) is 16.5 Å². The van der Waals surface area contributed by atoms with Crippen LogP contribution in [0.4, 0.5) is 17.8 Å². The highest BCUT2D eigenvalue weighted by atomic mass is 16.3. The maximum Gasteiger partial charge on any atom is 0.229 e. The number of anilines is 3. The number of aryl methyl sites for hydroxylation is 1. The topological polar surface area (TPSA) is 87.9 Å². The van der Waals surface area contributed by atoms with Crippen LogP contribution in [-0.2, 0) is 6.54 Å². The normalized spacial score (nSPS) is 10.2. The lowest BCUT2D eigenvalue weighted by Crippen LogP contribution is -2.09. The molecule has 7 nitrogen and oxygen atoms in total. The Hall–Kier alpha value is -2.31. The summed E-state index contributed by atoms with van der Waals surface area (Å²) in [4.78, 5) is 12.5. The molecule has 0 saturated heterocycles. The SMILES string of the molecule is CNc1nc(NC)nc(NCc2ccc(C)o2)n1. The highest BCUT2D eigenvalue weighted by Gasteiger charge is 2.05. The first-order valence-corrected chi connectivity index (χ1v) is 5.62. The molecule has 2 aromatic rings. The molecule has 0 aliphatic carbocycles. The summed E-state index contributed by atoms with van der Waals surface area (Å²) in [5.41, 5.74) is 0. The monoisotopic (exact) mass is 248 g/mol. The lowest BCUT2D eigenvalue weighted by atomic mass is 10.4. The fourth-order valence-corrected chi connectivity index (χ4v) is 1.42. The van der Waals surface area contributed by atoms with E-state index >= 15 is 0 Å². The second-order valence-electron chi connectivity index (χ2n) is 3.67. The zero-order chi connectivity index (χ0) is 13.0. The fraction of sp³-hybridized carbons (Fsp3) is 0.364. The molecule has 2 aromatic heterocycles. The van der Waals surface area contributed by atoms with E-state index in [2.05, 4.69) is 30.9 Å². The van der Waals surface area contributed by atoms with E-state index in [1.54, 1.807) is 14.1 Å². The van der Waals surface area contributed by atoms with Gasteiger partial charge in [-0.15, -0.1) is 0 Å². The van der Waals surface area contributed by atoms with Gasteiger partial charge in [0.2, 0.25) is 17.8 Å². The van der Waals surface area contributed by atoms with Crippen molar-refractivity contribution in [2.24, 2.45) is 0 Å². The molecule has 0 amide bonds. The number of hydrogen-bond acceptors (Lipinski definition) is 7.